The fourth-order valence-corrected chi connectivity index (χ4v) is 2.19. The first-order valence-electron chi connectivity index (χ1n) is 7.02. The van der Waals surface area contributed by atoms with Crippen LogP contribution in [-0.2, 0) is 0 Å². The van der Waals surface area contributed by atoms with Crippen LogP contribution in [0, 0.1) is 0 Å². The van der Waals surface area contributed by atoms with Crippen molar-refractivity contribution >= 4 is 47.4 Å². The van der Waals surface area contributed by atoms with Gasteiger partial charge in [-0.3, -0.25) is 4.99 Å². The molecule has 0 aliphatic carbocycles. The molecular formula is C15H26IN3O2S. The van der Waals surface area contributed by atoms with Crippen LogP contribution in [0.1, 0.15) is 13.3 Å². The molecule has 1 rings (SSSR count). The number of guanidine groups is 1. The Morgan fingerprint density at radius 1 is 1.32 bits per heavy atom. The second kappa shape index (κ2) is 12.7. The standard InChI is InChI=1S/C15H25N3O2S.HI/c1-5-20-13-8-7-12(11-14(13)19-3)18-15(16-2)17-9-6-10-21-4;/h7-8,11H,5-6,9-10H2,1-4H3,(H2,16,17,18);1H. The van der Waals surface area contributed by atoms with Crippen molar-refractivity contribution < 1.29 is 9.47 Å². The van der Waals surface area contributed by atoms with Gasteiger partial charge in [0.1, 0.15) is 0 Å². The van der Waals surface area contributed by atoms with Crippen LogP contribution < -0.4 is 20.1 Å². The largest absolute Gasteiger partial charge is 0.493 e. The van der Waals surface area contributed by atoms with Crippen molar-refractivity contribution in [3.05, 3.63) is 18.2 Å². The fraction of sp³-hybridized carbons (Fsp3) is 0.533. The second-order valence-corrected chi connectivity index (χ2v) is 5.25. The molecular weight excluding hydrogens is 413 g/mol. The summed E-state index contributed by atoms with van der Waals surface area (Å²) < 4.78 is 10.8. The van der Waals surface area contributed by atoms with Gasteiger partial charge in [-0.2, -0.15) is 11.8 Å². The molecule has 22 heavy (non-hydrogen) atoms. The molecule has 7 heteroatoms. The summed E-state index contributed by atoms with van der Waals surface area (Å²) in [6, 6.07) is 5.74. The number of thioether (sulfide) groups is 1. The summed E-state index contributed by atoms with van der Waals surface area (Å²) in [5.74, 6) is 3.34. The number of ether oxygens (including phenoxy) is 2. The number of hydrogen-bond acceptors (Lipinski definition) is 4. The molecule has 0 saturated heterocycles. The van der Waals surface area contributed by atoms with Crippen LogP contribution in [0.25, 0.3) is 0 Å². The van der Waals surface area contributed by atoms with Gasteiger partial charge in [-0.1, -0.05) is 0 Å². The molecule has 0 saturated carbocycles. The molecule has 0 fully saturated rings. The lowest BCUT2D eigenvalue weighted by Crippen LogP contribution is -2.31. The van der Waals surface area contributed by atoms with Gasteiger partial charge in [-0.05, 0) is 37.5 Å². The first-order chi connectivity index (χ1) is 10.2. The van der Waals surface area contributed by atoms with Gasteiger partial charge in [0.15, 0.2) is 17.5 Å². The fourth-order valence-electron chi connectivity index (χ4n) is 1.76. The van der Waals surface area contributed by atoms with Gasteiger partial charge in [0.25, 0.3) is 0 Å². The minimum absolute atomic E-state index is 0. The van der Waals surface area contributed by atoms with Crippen LogP contribution >= 0.6 is 35.7 Å². The molecule has 1 aromatic rings. The van der Waals surface area contributed by atoms with Crippen LogP contribution in [0.3, 0.4) is 0 Å². The Morgan fingerprint density at radius 3 is 2.68 bits per heavy atom. The Labute approximate surface area is 154 Å². The SMILES string of the molecule is CCOc1ccc(NC(=NC)NCCCSC)cc1OC.I. The number of nitrogens with zero attached hydrogens (tertiary/aromatic N) is 1. The Bertz CT molecular complexity index is 458. The summed E-state index contributed by atoms with van der Waals surface area (Å²) in [6.45, 7) is 3.46. The Balaban J connectivity index is 0.00000441. The van der Waals surface area contributed by atoms with Crippen molar-refractivity contribution in [1.29, 1.82) is 0 Å². The molecule has 0 heterocycles. The van der Waals surface area contributed by atoms with E-state index in [9.17, 15) is 0 Å². The first kappa shape index (κ1) is 21.2. The number of anilines is 1. The molecule has 0 spiro atoms. The number of methoxy groups -OCH3 is 1. The lowest BCUT2D eigenvalue weighted by atomic mass is 10.2. The van der Waals surface area contributed by atoms with E-state index in [0.29, 0.717) is 12.4 Å². The molecule has 0 bridgehead atoms. The summed E-state index contributed by atoms with van der Waals surface area (Å²) >= 11 is 1.85. The summed E-state index contributed by atoms with van der Waals surface area (Å²) in [5.41, 5.74) is 0.910. The van der Waals surface area contributed by atoms with E-state index in [-0.39, 0.29) is 24.0 Å². The Kier molecular flexibility index (Phi) is 12.2. The van der Waals surface area contributed by atoms with E-state index in [0.717, 1.165) is 36.1 Å². The van der Waals surface area contributed by atoms with Crippen molar-refractivity contribution in [3.8, 4) is 11.5 Å². The van der Waals surface area contributed by atoms with Gasteiger partial charge in [0, 0.05) is 25.3 Å². The van der Waals surface area contributed by atoms with E-state index in [1.807, 2.05) is 36.9 Å². The topological polar surface area (TPSA) is 54.9 Å². The number of aliphatic imine (C=N–C) groups is 1. The van der Waals surface area contributed by atoms with Crippen molar-refractivity contribution in [3.63, 3.8) is 0 Å². The van der Waals surface area contributed by atoms with Crippen LogP contribution in [-0.4, -0.2) is 45.3 Å². The summed E-state index contributed by atoms with van der Waals surface area (Å²) in [6.07, 6.45) is 3.22. The molecule has 0 amide bonds. The van der Waals surface area contributed by atoms with Gasteiger partial charge in [-0.15, -0.1) is 24.0 Å². The maximum Gasteiger partial charge on any atom is 0.195 e. The molecule has 126 valence electrons. The predicted molar refractivity (Wildman–Crippen MR) is 108 cm³/mol. The van der Waals surface area contributed by atoms with Crippen LogP contribution in [0.2, 0.25) is 0 Å². The lowest BCUT2D eigenvalue weighted by molar-refractivity contribution is 0.311. The Morgan fingerprint density at radius 2 is 2.09 bits per heavy atom. The lowest BCUT2D eigenvalue weighted by Gasteiger charge is -2.14. The third-order valence-corrected chi connectivity index (χ3v) is 3.46. The number of halogens is 1. The highest BCUT2D eigenvalue weighted by atomic mass is 127. The highest BCUT2D eigenvalue weighted by molar-refractivity contribution is 14.0. The maximum atomic E-state index is 5.51. The zero-order chi connectivity index (χ0) is 15.5. The van der Waals surface area contributed by atoms with Crippen LogP contribution in [0.4, 0.5) is 5.69 Å². The molecule has 0 unspecified atom stereocenters. The molecule has 0 aromatic heterocycles. The van der Waals surface area contributed by atoms with E-state index in [2.05, 4.69) is 21.9 Å². The van der Waals surface area contributed by atoms with Gasteiger partial charge < -0.3 is 20.1 Å². The number of benzene rings is 1. The molecule has 1 aromatic carbocycles. The molecule has 5 nitrogen and oxygen atoms in total. The molecule has 2 N–H and O–H groups in total. The molecule has 0 radical (unpaired) electrons. The summed E-state index contributed by atoms with van der Waals surface area (Å²) in [4.78, 5) is 4.21. The third kappa shape index (κ3) is 7.44. The molecule has 0 aliphatic heterocycles. The summed E-state index contributed by atoms with van der Waals surface area (Å²) in [5, 5.41) is 6.53. The van der Waals surface area contributed by atoms with E-state index in [4.69, 9.17) is 9.47 Å². The van der Waals surface area contributed by atoms with Crippen molar-refractivity contribution in [2.75, 3.05) is 44.6 Å². The number of rotatable bonds is 8. The number of hydrogen-bond donors (Lipinski definition) is 2. The zero-order valence-electron chi connectivity index (χ0n) is 13.6. The molecule has 0 atom stereocenters. The van der Waals surface area contributed by atoms with Crippen molar-refractivity contribution in [2.24, 2.45) is 4.99 Å². The normalized spacial score (nSPS) is 10.6. The zero-order valence-corrected chi connectivity index (χ0v) is 16.8. The highest BCUT2D eigenvalue weighted by Gasteiger charge is 2.06. The Hall–Kier alpha value is -0.830. The van der Waals surface area contributed by atoms with E-state index in [1.165, 1.54) is 0 Å². The summed E-state index contributed by atoms with van der Waals surface area (Å²) in [7, 11) is 3.40. The third-order valence-electron chi connectivity index (χ3n) is 2.77. The van der Waals surface area contributed by atoms with E-state index < -0.39 is 0 Å². The van der Waals surface area contributed by atoms with Gasteiger partial charge >= 0.3 is 0 Å². The quantitative estimate of drug-likeness (QED) is 0.281. The minimum atomic E-state index is 0. The second-order valence-electron chi connectivity index (χ2n) is 4.27. The van der Waals surface area contributed by atoms with Gasteiger partial charge in [0.05, 0.1) is 13.7 Å². The predicted octanol–water partition coefficient (Wildman–Crippen LogP) is 3.45. The molecule has 0 aliphatic rings. The monoisotopic (exact) mass is 439 g/mol. The minimum Gasteiger partial charge on any atom is -0.493 e. The average Bonchev–Trinajstić information content (AvgIpc) is 2.51. The van der Waals surface area contributed by atoms with Gasteiger partial charge in [-0.25, -0.2) is 0 Å². The van der Waals surface area contributed by atoms with Crippen molar-refractivity contribution in [2.45, 2.75) is 13.3 Å². The average molecular weight is 439 g/mol. The first-order valence-corrected chi connectivity index (χ1v) is 8.42. The van der Waals surface area contributed by atoms with Crippen molar-refractivity contribution in [1.82, 2.24) is 5.32 Å². The smallest absolute Gasteiger partial charge is 0.195 e. The van der Waals surface area contributed by atoms with Gasteiger partial charge in [0.2, 0.25) is 0 Å². The van der Waals surface area contributed by atoms with E-state index >= 15 is 0 Å². The van der Waals surface area contributed by atoms with Crippen LogP contribution in [0.5, 0.6) is 11.5 Å². The van der Waals surface area contributed by atoms with E-state index in [1.54, 1.807) is 14.2 Å². The number of nitrogens with one attached hydrogen (secondary N) is 2. The van der Waals surface area contributed by atoms with Crippen LogP contribution in [0.15, 0.2) is 23.2 Å². The maximum absolute atomic E-state index is 5.51. The highest BCUT2D eigenvalue weighted by Crippen LogP contribution is 2.30.